The van der Waals surface area contributed by atoms with Gasteiger partial charge in [-0.15, -0.1) is 0 Å². The number of allylic oxidation sites excluding steroid dienone is 4. The second kappa shape index (κ2) is 3.61. The zero-order valence-electron chi connectivity index (χ0n) is 7.19. The predicted molar refractivity (Wildman–Crippen MR) is 51.2 cm³/mol. The standard InChI is InChI=1S/C11H14N/c1-2-4-9-12(8-3-1)10-7-11-5-6-11/h1-5,8-9,11H,6-7,10H2. The quantitative estimate of drug-likeness (QED) is 0.613. The van der Waals surface area contributed by atoms with E-state index in [2.05, 4.69) is 48.0 Å². The van der Waals surface area contributed by atoms with Gasteiger partial charge in [-0.3, -0.25) is 0 Å². The van der Waals surface area contributed by atoms with Crippen LogP contribution in [0.4, 0.5) is 0 Å². The van der Waals surface area contributed by atoms with Crippen molar-refractivity contribution in [3.63, 3.8) is 0 Å². The summed E-state index contributed by atoms with van der Waals surface area (Å²) in [6.45, 7) is 1.15. The number of nitrogens with zero attached hydrogens (tertiary/aromatic N) is 1. The lowest BCUT2D eigenvalue weighted by molar-refractivity contribution is 0.475. The van der Waals surface area contributed by atoms with Gasteiger partial charge >= 0.3 is 0 Å². The molecule has 0 aromatic heterocycles. The van der Waals surface area contributed by atoms with Crippen molar-refractivity contribution in [2.24, 2.45) is 5.92 Å². The SMILES string of the molecule is [CH]1CC1CCN1C=CC=CC=C1. The first-order valence-electron chi connectivity index (χ1n) is 4.56. The highest BCUT2D eigenvalue weighted by molar-refractivity contribution is 5.15. The van der Waals surface area contributed by atoms with Gasteiger partial charge in [-0.1, -0.05) is 12.2 Å². The molecule has 1 aliphatic carbocycles. The van der Waals surface area contributed by atoms with Crippen molar-refractivity contribution in [1.29, 1.82) is 0 Å². The molecule has 0 N–H and O–H groups in total. The minimum absolute atomic E-state index is 0.906. The maximum Gasteiger partial charge on any atom is 0.0222 e. The van der Waals surface area contributed by atoms with E-state index in [1.807, 2.05) is 0 Å². The molecule has 1 heterocycles. The summed E-state index contributed by atoms with van der Waals surface area (Å²) >= 11 is 0. The number of rotatable bonds is 3. The van der Waals surface area contributed by atoms with Crippen LogP contribution in [0.5, 0.6) is 0 Å². The summed E-state index contributed by atoms with van der Waals surface area (Å²) in [5.74, 6) is 0.906. The molecule has 2 aliphatic rings. The first-order chi connectivity index (χ1) is 5.95. The third kappa shape index (κ3) is 2.26. The maximum atomic E-state index is 2.38. The Kier molecular flexibility index (Phi) is 2.31. The Morgan fingerprint density at radius 3 is 2.33 bits per heavy atom. The average Bonchev–Trinajstić information content (AvgIpc) is 2.90. The minimum Gasteiger partial charge on any atom is -0.354 e. The van der Waals surface area contributed by atoms with Crippen molar-refractivity contribution >= 4 is 0 Å². The molecule has 1 unspecified atom stereocenters. The van der Waals surface area contributed by atoms with E-state index < -0.39 is 0 Å². The summed E-state index contributed by atoms with van der Waals surface area (Å²) in [6.07, 6.45) is 17.5. The Bertz CT molecular complexity index is 205. The molecular formula is C11H14N. The fraction of sp³-hybridized carbons (Fsp3) is 0.364. The molecule has 63 valence electrons. The summed E-state index contributed by atoms with van der Waals surface area (Å²) in [5, 5.41) is 0. The lowest BCUT2D eigenvalue weighted by Crippen LogP contribution is -2.11. The summed E-state index contributed by atoms with van der Waals surface area (Å²) in [6, 6.07) is 0. The molecule has 12 heavy (non-hydrogen) atoms. The highest BCUT2D eigenvalue weighted by Gasteiger charge is 2.21. The van der Waals surface area contributed by atoms with Gasteiger partial charge in [-0.2, -0.15) is 0 Å². The molecule has 0 amide bonds. The van der Waals surface area contributed by atoms with E-state index in [0.29, 0.717) is 0 Å². The van der Waals surface area contributed by atoms with Gasteiger partial charge in [0.15, 0.2) is 0 Å². The van der Waals surface area contributed by atoms with Gasteiger partial charge < -0.3 is 4.90 Å². The van der Waals surface area contributed by atoms with Crippen LogP contribution in [0, 0.1) is 12.3 Å². The predicted octanol–water partition coefficient (Wildman–Crippen LogP) is 2.50. The molecular weight excluding hydrogens is 146 g/mol. The van der Waals surface area contributed by atoms with Gasteiger partial charge in [0, 0.05) is 18.9 Å². The molecule has 1 heteroatoms. The van der Waals surface area contributed by atoms with Crippen molar-refractivity contribution < 1.29 is 0 Å². The molecule has 2 rings (SSSR count). The highest BCUT2D eigenvalue weighted by atomic mass is 15.1. The molecule has 0 spiro atoms. The van der Waals surface area contributed by atoms with E-state index in [-0.39, 0.29) is 0 Å². The van der Waals surface area contributed by atoms with Gasteiger partial charge in [-0.25, -0.2) is 0 Å². The molecule has 1 nitrogen and oxygen atoms in total. The zero-order chi connectivity index (χ0) is 8.23. The molecule has 1 atom stereocenters. The Labute approximate surface area is 74.1 Å². The molecule has 1 radical (unpaired) electrons. The smallest absolute Gasteiger partial charge is 0.0222 e. The molecule has 0 aromatic carbocycles. The van der Waals surface area contributed by atoms with Crippen LogP contribution in [0.1, 0.15) is 12.8 Å². The molecule has 0 aromatic rings. The van der Waals surface area contributed by atoms with Crippen molar-refractivity contribution in [2.75, 3.05) is 6.54 Å². The van der Waals surface area contributed by atoms with Gasteiger partial charge in [0.25, 0.3) is 0 Å². The van der Waals surface area contributed by atoms with E-state index in [0.717, 1.165) is 12.5 Å². The van der Waals surface area contributed by atoms with Crippen LogP contribution in [0.3, 0.4) is 0 Å². The maximum absolute atomic E-state index is 2.38. The highest BCUT2D eigenvalue weighted by Crippen LogP contribution is 2.30. The van der Waals surface area contributed by atoms with E-state index in [1.54, 1.807) is 0 Å². The Morgan fingerprint density at radius 2 is 1.75 bits per heavy atom. The van der Waals surface area contributed by atoms with Crippen LogP contribution < -0.4 is 0 Å². The van der Waals surface area contributed by atoms with E-state index in [9.17, 15) is 0 Å². The van der Waals surface area contributed by atoms with Crippen LogP contribution >= 0.6 is 0 Å². The second-order valence-electron chi connectivity index (χ2n) is 3.33. The molecule has 1 saturated carbocycles. The largest absolute Gasteiger partial charge is 0.354 e. The van der Waals surface area contributed by atoms with Gasteiger partial charge in [-0.05, 0) is 37.3 Å². The number of hydrogen-bond donors (Lipinski definition) is 0. The van der Waals surface area contributed by atoms with E-state index in [4.69, 9.17) is 0 Å². The van der Waals surface area contributed by atoms with Crippen molar-refractivity contribution in [3.8, 4) is 0 Å². The second-order valence-corrected chi connectivity index (χ2v) is 3.33. The van der Waals surface area contributed by atoms with Crippen LogP contribution in [-0.4, -0.2) is 11.4 Å². The van der Waals surface area contributed by atoms with Crippen LogP contribution in [0.15, 0.2) is 36.7 Å². The fourth-order valence-corrected chi connectivity index (χ4v) is 1.29. The molecule has 0 saturated heterocycles. The van der Waals surface area contributed by atoms with Crippen LogP contribution in [-0.2, 0) is 0 Å². The lowest BCUT2D eigenvalue weighted by Gasteiger charge is -2.13. The minimum atomic E-state index is 0.906. The van der Waals surface area contributed by atoms with Gasteiger partial charge in [0.2, 0.25) is 0 Å². The first-order valence-corrected chi connectivity index (χ1v) is 4.56. The normalized spacial score (nSPS) is 21.5. The van der Waals surface area contributed by atoms with E-state index >= 15 is 0 Å². The topological polar surface area (TPSA) is 3.24 Å². The summed E-state index contributed by atoms with van der Waals surface area (Å²) < 4.78 is 0. The summed E-state index contributed by atoms with van der Waals surface area (Å²) in [7, 11) is 0. The molecule has 1 aliphatic heterocycles. The average molecular weight is 160 g/mol. The molecule has 0 bridgehead atoms. The molecule has 1 fully saturated rings. The van der Waals surface area contributed by atoms with Gasteiger partial charge in [0.05, 0.1) is 0 Å². The van der Waals surface area contributed by atoms with Crippen molar-refractivity contribution in [2.45, 2.75) is 12.8 Å². The first kappa shape index (κ1) is 7.66. The fourth-order valence-electron chi connectivity index (χ4n) is 1.29. The monoisotopic (exact) mass is 160 g/mol. The number of hydrogen-bond acceptors (Lipinski definition) is 1. The lowest BCUT2D eigenvalue weighted by atomic mass is 10.3. The summed E-state index contributed by atoms with van der Waals surface area (Å²) in [4.78, 5) is 2.24. The Balaban J connectivity index is 1.78. The van der Waals surface area contributed by atoms with Crippen LogP contribution in [0.25, 0.3) is 0 Å². The van der Waals surface area contributed by atoms with Crippen LogP contribution in [0.2, 0.25) is 0 Å². The van der Waals surface area contributed by atoms with Gasteiger partial charge in [0.1, 0.15) is 0 Å². The third-order valence-electron chi connectivity index (χ3n) is 2.22. The van der Waals surface area contributed by atoms with E-state index in [1.165, 1.54) is 12.8 Å². The van der Waals surface area contributed by atoms with Crippen molar-refractivity contribution in [1.82, 2.24) is 4.90 Å². The third-order valence-corrected chi connectivity index (χ3v) is 2.22. The Morgan fingerprint density at radius 1 is 1.08 bits per heavy atom. The zero-order valence-corrected chi connectivity index (χ0v) is 7.19. The van der Waals surface area contributed by atoms with Crippen molar-refractivity contribution in [3.05, 3.63) is 43.1 Å². The Hall–Kier alpha value is -0.980. The summed E-state index contributed by atoms with van der Waals surface area (Å²) in [5.41, 5.74) is 0.